The third-order valence-corrected chi connectivity index (χ3v) is 4.36. The summed E-state index contributed by atoms with van der Waals surface area (Å²) in [5.74, 6) is -0.799. The van der Waals surface area contributed by atoms with Crippen LogP contribution < -0.4 is 5.32 Å². The number of carboxylic acid groups (broad SMARTS) is 1. The molecule has 1 fully saturated rings. The van der Waals surface area contributed by atoms with E-state index in [9.17, 15) is 9.90 Å². The Morgan fingerprint density at radius 3 is 2.25 bits per heavy atom. The molecule has 0 spiro atoms. The van der Waals surface area contributed by atoms with Crippen LogP contribution in [0.2, 0.25) is 0 Å². The van der Waals surface area contributed by atoms with Crippen molar-refractivity contribution in [2.75, 3.05) is 0 Å². The van der Waals surface area contributed by atoms with Crippen LogP contribution in [0.25, 0.3) is 0 Å². The standard InChI is InChI=1S/C12H19NO2S/c1-5-7-12(8-6-2)13-9(10(14)15)11(3,4)16-12/h5-6,9,13H,1-2,7-8H2,3-4H3,(H,14,15). The van der Waals surface area contributed by atoms with E-state index in [2.05, 4.69) is 18.5 Å². The van der Waals surface area contributed by atoms with Gasteiger partial charge in [-0.1, -0.05) is 12.2 Å². The minimum atomic E-state index is -0.799. The Labute approximate surface area is 101 Å². The molecule has 0 aromatic heterocycles. The first kappa shape index (κ1) is 13.3. The lowest BCUT2D eigenvalue weighted by atomic mass is 10.0. The topological polar surface area (TPSA) is 49.3 Å². The minimum absolute atomic E-state index is 0.268. The largest absolute Gasteiger partial charge is 0.480 e. The van der Waals surface area contributed by atoms with Crippen molar-refractivity contribution >= 4 is 17.7 Å². The van der Waals surface area contributed by atoms with Crippen molar-refractivity contribution in [2.45, 2.75) is 42.3 Å². The molecule has 1 atom stereocenters. The maximum Gasteiger partial charge on any atom is 0.322 e. The predicted octanol–water partition coefficient (Wildman–Crippen LogP) is 2.40. The zero-order valence-electron chi connectivity index (χ0n) is 9.82. The first-order valence-electron chi connectivity index (χ1n) is 5.29. The summed E-state index contributed by atoms with van der Waals surface area (Å²) < 4.78 is -0.322. The van der Waals surface area contributed by atoms with Gasteiger partial charge in [0.2, 0.25) is 0 Å². The highest BCUT2D eigenvalue weighted by molar-refractivity contribution is 8.02. The van der Waals surface area contributed by atoms with Gasteiger partial charge in [0.15, 0.2) is 0 Å². The lowest BCUT2D eigenvalue weighted by Crippen LogP contribution is -2.48. The van der Waals surface area contributed by atoms with Crippen LogP contribution in [0.15, 0.2) is 25.3 Å². The Balaban J connectivity index is 2.96. The minimum Gasteiger partial charge on any atom is -0.480 e. The number of carbonyl (C=O) groups is 1. The molecule has 0 aromatic carbocycles. The summed E-state index contributed by atoms with van der Waals surface area (Å²) in [6.45, 7) is 11.4. The second-order valence-corrected chi connectivity index (χ2v) is 6.64. The summed E-state index contributed by atoms with van der Waals surface area (Å²) in [7, 11) is 0. The van der Waals surface area contributed by atoms with Gasteiger partial charge in [-0.3, -0.25) is 10.1 Å². The quantitative estimate of drug-likeness (QED) is 0.726. The van der Waals surface area contributed by atoms with Crippen molar-refractivity contribution < 1.29 is 9.90 Å². The van der Waals surface area contributed by atoms with E-state index in [0.29, 0.717) is 0 Å². The van der Waals surface area contributed by atoms with Crippen LogP contribution in [0.1, 0.15) is 26.7 Å². The molecule has 4 heteroatoms. The smallest absolute Gasteiger partial charge is 0.322 e. The summed E-state index contributed by atoms with van der Waals surface area (Å²) in [6.07, 6.45) is 5.11. The summed E-state index contributed by atoms with van der Waals surface area (Å²) in [4.78, 5) is 10.9. The Hall–Kier alpha value is -0.740. The zero-order valence-corrected chi connectivity index (χ0v) is 10.6. The van der Waals surface area contributed by atoms with Crippen LogP contribution in [0, 0.1) is 0 Å². The van der Waals surface area contributed by atoms with Gasteiger partial charge < -0.3 is 5.11 Å². The van der Waals surface area contributed by atoms with Gasteiger partial charge in [-0.05, 0) is 26.7 Å². The molecular formula is C12H19NO2S. The molecule has 2 N–H and O–H groups in total. The Morgan fingerprint density at radius 1 is 1.44 bits per heavy atom. The van der Waals surface area contributed by atoms with Crippen LogP contribution in [-0.2, 0) is 4.79 Å². The van der Waals surface area contributed by atoms with E-state index in [1.54, 1.807) is 11.8 Å². The van der Waals surface area contributed by atoms with E-state index in [-0.39, 0.29) is 9.62 Å². The normalized spacial score (nSPS) is 26.2. The van der Waals surface area contributed by atoms with Gasteiger partial charge in [0.1, 0.15) is 6.04 Å². The number of nitrogens with one attached hydrogen (secondary N) is 1. The Morgan fingerprint density at radius 2 is 1.94 bits per heavy atom. The number of rotatable bonds is 5. The van der Waals surface area contributed by atoms with Crippen LogP contribution in [0.5, 0.6) is 0 Å². The van der Waals surface area contributed by atoms with Gasteiger partial charge in [0, 0.05) is 4.75 Å². The average molecular weight is 241 g/mol. The van der Waals surface area contributed by atoms with Crippen molar-refractivity contribution in [2.24, 2.45) is 0 Å². The predicted molar refractivity (Wildman–Crippen MR) is 68.6 cm³/mol. The number of thioether (sulfide) groups is 1. The fourth-order valence-corrected chi connectivity index (χ4v) is 4.00. The van der Waals surface area contributed by atoms with Crippen LogP contribution in [0.4, 0.5) is 0 Å². The molecule has 0 aromatic rings. The number of carboxylic acids is 1. The van der Waals surface area contributed by atoms with Gasteiger partial charge in [-0.2, -0.15) is 0 Å². The molecule has 1 rings (SSSR count). The molecule has 1 aliphatic heterocycles. The molecule has 0 bridgehead atoms. The molecule has 16 heavy (non-hydrogen) atoms. The van der Waals surface area contributed by atoms with Gasteiger partial charge in [0.25, 0.3) is 0 Å². The second-order valence-electron chi connectivity index (χ2n) is 4.60. The van der Waals surface area contributed by atoms with Crippen molar-refractivity contribution in [1.29, 1.82) is 0 Å². The number of hydrogen-bond acceptors (Lipinski definition) is 3. The van der Waals surface area contributed by atoms with Crippen molar-refractivity contribution in [1.82, 2.24) is 5.32 Å². The van der Waals surface area contributed by atoms with Crippen LogP contribution >= 0.6 is 11.8 Å². The Bertz CT molecular complexity index is 302. The third kappa shape index (κ3) is 2.50. The number of hydrogen-bond donors (Lipinski definition) is 2. The summed E-state index contributed by atoms with van der Waals surface area (Å²) in [6, 6.07) is -0.530. The first-order valence-corrected chi connectivity index (χ1v) is 6.11. The van der Waals surface area contributed by atoms with Crippen LogP contribution in [0.3, 0.4) is 0 Å². The highest BCUT2D eigenvalue weighted by Crippen LogP contribution is 2.48. The molecule has 1 saturated heterocycles. The lowest BCUT2D eigenvalue weighted by Gasteiger charge is -2.27. The van der Waals surface area contributed by atoms with Gasteiger partial charge in [-0.15, -0.1) is 24.9 Å². The molecule has 0 radical (unpaired) electrons. The molecule has 0 amide bonds. The lowest BCUT2D eigenvalue weighted by molar-refractivity contribution is -0.140. The molecule has 1 heterocycles. The van der Waals surface area contributed by atoms with E-state index >= 15 is 0 Å². The highest BCUT2D eigenvalue weighted by atomic mass is 32.2. The van der Waals surface area contributed by atoms with Crippen molar-refractivity contribution in [3.05, 3.63) is 25.3 Å². The monoisotopic (exact) mass is 241 g/mol. The van der Waals surface area contributed by atoms with E-state index in [4.69, 9.17) is 0 Å². The Kier molecular flexibility index (Phi) is 3.86. The van der Waals surface area contributed by atoms with Gasteiger partial charge >= 0.3 is 5.97 Å². The number of aliphatic carboxylic acids is 1. The van der Waals surface area contributed by atoms with Crippen LogP contribution in [-0.4, -0.2) is 26.7 Å². The first-order chi connectivity index (χ1) is 7.37. The maximum atomic E-state index is 11.2. The van der Waals surface area contributed by atoms with E-state index < -0.39 is 12.0 Å². The average Bonchev–Trinajstić information content (AvgIpc) is 2.38. The fourth-order valence-electron chi connectivity index (χ4n) is 2.14. The maximum absolute atomic E-state index is 11.2. The molecule has 3 nitrogen and oxygen atoms in total. The molecular weight excluding hydrogens is 222 g/mol. The zero-order chi connectivity index (χ0) is 12.4. The molecule has 1 aliphatic rings. The SMILES string of the molecule is C=CCC1(CC=C)NC(C(=O)O)C(C)(C)S1. The van der Waals surface area contributed by atoms with E-state index in [1.165, 1.54) is 0 Å². The molecule has 0 aliphatic carbocycles. The summed E-state index contributed by atoms with van der Waals surface area (Å²) in [5.41, 5.74) is 0. The van der Waals surface area contributed by atoms with Gasteiger partial charge in [0.05, 0.1) is 4.87 Å². The summed E-state index contributed by atoms with van der Waals surface area (Å²) >= 11 is 1.67. The summed E-state index contributed by atoms with van der Waals surface area (Å²) in [5, 5.41) is 12.4. The van der Waals surface area contributed by atoms with Gasteiger partial charge in [-0.25, -0.2) is 0 Å². The molecule has 1 unspecified atom stereocenters. The second kappa shape index (κ2) is 4.63. The van der Waals surface area contributed by atoms with Crippen molar-refractivity contribution in [3.8, 4) is 0 Å². The third-order valence-electron chi connectivity index (χ3n) is 2.76. The molecule has 0 saturated carbocycles. The van der Waals surface area contributed by atoms with E-state index in [1.807, 2.05) is 26.0 Å². The fraction of sp³-hybridized carbons (Fsp3) is 0.583. The van der Waals surface area contributed by atoms with Crippen molar-refractivity contribution in [3.63, 3.8) is 0 Å². The molecule has 90 valence electrons. The highest BCUT2D eigenvalue weighted by Gasteiger charge is 2.51. The van der Waals surface area contributed by atoms with E-state index in [0.717, 1.165) is 12.8 Å².